The van der Waals surface area contributed by atoms with E-state index in [0.717, 1.165) is 30.0 Å². The van der Waals surface area contributed by atoms with Crippen molar-refractivity contribution in [1.82, 2.24) is 9.55 Å². The summed E-state index contributed by atoms with van der Waals surface area (Å²) in [4.78, 5) is 4.70. The van der Waals surface area contributed by atoms with Gasteiger partial charge >= 0.3 is 0 Å². The lowest BCUT2D eigenvalue weighted by Gasteiger charge is -2.16. The van der Waals surface area contributed by atoms with Gasteiger partial charge in [0, 0.05) is 11.3 Å². The zero-order valence-corrected chi connectivity index (χ0v) is 12.5. The number of benzene rings is 1. The van der Waals surface area contributed by atoms with Crippen molar-refractivity contribution in [3.63, 3.8) is 0 Å². The molecule has 0 saturated carbocycles. The summed E-state index contributed by atoms with van der Waals surface area (Å²) in [6.07, 6.45) is 4.64. The fraction of sp³-hybridized carbons (Fsp3) is 0.412. The summed E-state index contributed by atoms with van der Waals surface area (Å²) < 4.78 is 7.71. The van der Waals surface area contributed by atoms with Crippen molar-refractivity contribution in [1.29, 1.82) is 5.26 Å². The van der Waals surface area contributed by atoms with Gasteiger partial charge in [-0.05, 0) is 50.8 Å². The molecule has 2 aromatic rings. The number of fused-ring (bicyclic) bond motifs is 1. The first-order chi connectivity index (χ1) is 10.2. The Morgan fingerprint density at radius 2 is 2.14 bits per heavy atom. The van der Waals surface area contributed by atoms with Crippen LogP contribution >= 0.6 is 0 Å². The smallest absolute Gasteiger partial charge is 0.123 e. The molecule has 0 unspecified atom stereocenters. The van der Waals surface area contributed by atoms with E-state index in [0.29, 0.717) is 12.1 Å². The SMILES string of the molecule is COc1ccc(C#N)cc1Cn1c(C)nc2c1CCCC2. The van der Waals surface area contributed by atoms with E-state index in [1.54, 1.807) is 13.2 Å². The van der Waals surface area contributed by atoms with Crippen LogP contribution in [0.25, 0.3) is 0 Å². The Balaban J connectivity index is 2.01. The number of rotatable bonds is 3. The standard InChI is InChI=1S/C17H19N3O/c1-12-19-15-5-3-4-6-16(15)20(12)11-14-9-13(10-18)7-8-17(14)21-2/h7-9H,3-6,11H2,1-2H3. The van der Waals surface area contributed by atoms with E-state index in [2.05, 4.69) is 17.6 Å². The van der Waals surface area contributed by atoms with E-state index in [9.17, 15) is 0 Å². The Bertz CT molecular complexity index is 710. The molecule has 0 atom stereocenters. The van der Waals surface area contributed by atoms with E-state index in [4.69, 9.17) is 15.0 Å². The number of hydrogen-bond donors (Lipinski definition) is 0. The number of imidazole rings is 1. The number of hydrogen-bond acceptors (Lipinski definition) is 3. The first-order valence-corrected chi connectivity index (χ1v) is 7.35. The second-order valence-corrected chi connectivity index (χ2v) is 5.48. The third-order valence-electron chi connectivity index (χ3n) is 4.16. The molecule has 0 amide bonds. The first kappa shape index (κ1) is 13.7. The highest BCUT2D eigenvalue weighted by Gasteiger charge is 2.19. The molecule has 21 heavy (non-hydrogen) atoms. The molecule has 1 aromatic carbocycles. The Kier molecular flexibility index (Phi) is 3.66. The zero-order valence-electron chi connectivity index (χ0n) is 12.5. The number of methoxy groups -OCH3 is 1. The molecule has 1 aromatic heterocycles. The molecule has 0 aliphatic heterocycles. The Labute approximate surface area is 125 Å². The normalized spacial score (nSPS) is 13.6. The Morgan fingerprint density at radius 1 is 1.33 bits per heavy atom. The highest BCUT2D eigenvalue weighted by atomic mass is 16.5. The highest BCUT2D eigenvalue weighted by Crippen LogP contribution is 2.26. The number of aryl methyl sites for hydroxylation is 2. The lowest BCUT2D eigenvalue weighted by Crippen LogP contribution is -2.11. The van der Waals surface area contributed by atoms with Gasteiger partial charge in [0.1, 0.15) is 11.6 Å². The summed E-state index contributed by atoms with van der Waals surface area (Å²) in [5, 5.41) is 9.09. The summed E-state index contributed by atoms with van der Waals surface area (Å²) in [5.74, 6) is 1.87. The van der Waals surface area contributed by atoms with Crippen molar-refractivity contribution < 1.29 is 4.74 Å². The third kappa shape index (κ3) is 2.52. The number of ether oxygens (including phenoxy) is 1. The van der Waals surface area contributed by atoms with Crippen LogP contribution in [0, 0.1) is 18.3 Å². The molecule has 4 nitrogen and oxygen atoms in total. The average Bonchev–Trinajstić information content (AvgIpc) is 2.83. The van der Waals surface area contributed by atoms with Crippen molar-refractivity contribution in [3.05, 3.63) is 46.5 Å². The second-order valence-electron chi connectivity index (χ2n) is 5.48. The van der Waals surface area contributed by atoms with Gasteiger partial charge in [0.2, 0.25) is 0 Å². The largest absolute Gasteiger partial charge is 0.496 e. The summed E-state index contributed by atoms with van der Waals surface area (Å²) in [7, 11) is 1.67. The van der Waals surface area contributed by atoms with Gasteiger partial charge < -0.3 is 9.30 Å². The van der Waals surface area contributed by atoms with Gasteiger partial charge in [-0.25, -0.2) is 4.98 Å². The molecule has 1 heterocycles. The molecular weight excluding hydrogens is 262 g/mol. The van der Waals surface area contributed by atoms with Crippen LogP contribution < -0.4 is 4.74 Å². The quantitative estimate of drug-likeness (QED) is 0.869. The van der Waals surface area contributed by atoms with E-state index in [1.807, 2.05) is 12.1 Å². The maximum absolute atomic E-state index is 9.09. The van der Waals surface area contributed by atoms with Crippen molar-refractivity contribution >= 4 is 0 Å². The molecular formula is C17H19N3O. The highest BCUT2D eigenvalue weighted by molar-refractivity contribution is 5.42. The lowest BCUT2D eigenvalue weighted by atomic mass is 10.0. The minimum absolute atomic E-state index is 0.664. The van der Waals surface area contributed by atoms with Crippen LogP contribution in [0.4, 0.5) is 0 Å². The van der Waals surface area contributed by atoms with E-state index < -0.39 is 0 Å². The molecule has 1 aliphatic rings. The van der Waals surface area contributed by atoms with Crippen molar-refractivity contribution in [2.75, 3.05) is 7.11 Å². The molecule has 0 fully saturated rings. The van der Waals surface area contributed by atoms with Crippen LogP contribution in [0.3, 0.4) is 0 Å². The number of nitriles is 1. The molecule has 4 heteroatoms. The second kappa shape index (κ2) is 5.61. The summed E-state index contributed by atoms with van der Waals surface area (Å²) >= 11 is 0. The van der Waals surface area contributed by atoms with Crippen molar-refractivity contribution in [2.45, 2.75) is 39.2 Å². The van der Waals surface area contributed by atoms with Crippen LogP contribution in [0.5, 0.6) is 5.75 Å². The van der Waals surface area contributed by atoms with Crippen LogP contribution in [0.1, 0.15) is 41.2 Å². The van der Waals surface area contributed by atoms with E-state index in [-0.39, 0.29) is 0 Å². The summed E-state index contributed by atoms with van der Waals surface area (Å²) in [5.41, 5.74) is 4.29. The predicted octanol–water partition coefficient (Wildman–Crippen LogP) is 3.00. The molecule has 0 radical (unpaired) electrons. The van der Waals surface area contributed by atoms with E-state index in [1.165, 1.54) is 24.2 Å². The minimum Gasteiger partial charge on any atom is -0.496 e. The molecule has 3 rings (SSSR count). The van der Waals surface area contributed by atoms with Gasteiger partial charge in [0.15, 0.2) is 0 Å². The van der Waals surface area contributed by atoms with Gasteiger partial charge in [-0.3, -0.25) is 0 Å². The molecule has 0 spiro atoms. The van der Waals surface area contributed by atoms with Crippen LogP contribution in [-0.2, 0) is 19.4 Å². The Morgan fingerprint density at radius 3 is 2.90 bits per heavy atom. The summed E-state index contributed by atoms with van der Waals surface area (Å²) in [6, 6.07) is 7.76. The lowest BCUT2D eigenvalue weighted by molar-refractivity contribution is 0.407. The van der Waals surface area contributed by atoms with E-state index >= 15 is 0 Å². The van der Waals surface area contributed by atoms with Crippen LogP contribution in [-0.4, -0.2) is 16.7 Å². The van der Waals surface area contributed by atoms with Gasteiger partial charge in [-0.1, -0.05) is 0 Å². The van der Waals surface area contributed by atoms with Crippen molar-refractivity contribution in [2.24, 2.45) is 0 Å². The molecule has 0 bridgehead atoms. The van der Waals surface area contributed by atoms with Crippen molar-refractivity contribution in [3.8, 4) is 11.8 Å². The van der Waals surface area contributed by atoms with Gasteiger partial charge in [0.25, 0.3) is 0 Å². The fourth-order valence-electron chi connectivity index (χ4n) is 3.09. The predicted molar refractivity (Wildman–Crippen MR) is 80.4 cm³/mol. The summed E-state index contributed by atoms with van der Waals surface area (Å²) in [6.45, 7) is 2.77. The third-order valence-corrected chi connectivity index (χ3v) is 4.16. The maximum Gasteiger partial charge on any atom is 0.123 e. The fourth-order valence-corrected chi connectivity index (χ4v) is 3.09. The average molecular weight is 281 g/mol. The zero-order chi connectivity index (χ0) is 14.8. The molecule has 108 valence electrons. The molecule has 0 N–H and O–H groups in total. The Hall–Kier alpha value is -2.28. The minimum atomic E-state index is 0.664. The van der Waals surface area contributed by atoms with Gasteiger partial charge in [0.05, 0.1) is 31.0 Å². The maximum atomic E-state index is 9.09. The number of aromatic nitrogens is 2. The van der Waals surface area contributed by atoms with Crippen LogP contribution in [0.2, 0.25) is 0 Å². The number of nitrogens with zero attached hydrogens (tertiary/aromatic N) is 3. The molecule has 0 saturated heterocycles. The monoisotopic (exact) mass is 281 g/mol. The topological polar surface area (TPSA) is 50.8 Å². The van der Waals surface area contributed by atoms with Gasteiger partial charge in [-0.15, -0.1) is 0 Å². The van der Waals surface area contributed by atoms with Gasteiger partial charge in [-0.2, -0.15) is 5.26 Å². The first-order valence-electron chi connectivity index (χ1n) is 7.35. The van der Waals surface area contributed by atoms with Crippen LogP contribution in [0.15, 0.2) is 18.2 Å². The molecule has 1 aliphatic carbocycles.